The molecule has 0 aromatic heterocycles. The number of carbonyl (C=O) groups is 2. The second-order valence-electron chi connectivity index (χ2n) is 8.19. The number of benzene rings is 4. The van der Waals surface area contributed by atoms with Crippen LogP contribution in [0.3, 0.4) is 0 Å². The Morgan fingerprint density at radius 3 is 2.00 bits per heavy atom. The first-order valence-electron chi connectivity index (χ1n) is 11.2. The molecule has 2 N–H and O–H groups in total. The quantitative estimate of drug-likeness (QED) is 0.258. The molecule has 0 aliphatic rings. The molecule has 0 aliphatic carbocycles. The second kappa shape index (κ2) is 11.7. The van der Waals surface area contributed by atoms with E-state index >= 15 is 0 Å². The lowest BCUT2D eigenvalue weighted by atomic mass is 10.0. The molecule has 4 aromatic rings. The van der Waals surface area contributed by atoms with Gasteiger partial charge in [-0.15, -0.1) is 0 Å². The van der Waals surface area contributed by atoms with Crippen LogP contribution in [-0.2, 0) is 21.2 Å². The molecule has 0 saturated carbocycles. The van der Waals surface area contributed by atoms with Gasteiger partial charge < -0.3 is 5.32 Å². The first-order valence-corrected chi connectivity index (χ1v) is 13.5. The molecule has 0 radical (unpaired) electrons. The molecule has 37 heavy (non-hydrogen) atoms. The van der Waals surface area contributed by atoms with Gasteiger partial charge in [-0.25, -0.2) is 8.42 Å². The van der Waals surface area contributed by atoms with Crippen LogP contribution in [0.5, 0.6) is 0 Å². The van der Waals surface area contributed by atoms with E-state index in [4.69, 9.17) is 23.2 Å². The van der Waals surface area contributed by atoms with Gasteiger partial charge >= 0.3 is 0 Å². The van der Waals surface area contributed by atoms with Crippen molar-refractivity contribution in [2.45, 2.75) is 17.4 Å². The van der Waals surface area contributed by atoms with Gasteiger partial charge in [-0.3, -0.25) is 9.59 Å². The van der Waals surface area contributed by atoms with Crippen LogP contribution in [0.15, 0.2) is 108 Å². The highest BCUT2D eigenvalue weighted by Crippen LogP contribution is 2.24. The summed E-state index contributed by atoms with van der Waals surface area (Å²) in [5.74, 6) is -0.967. The maximum Gasteiger partial charge on any atom is 0.242 e. The SMILES string of the molecule is O=C(c1ccccc1)c1cc(Cl)ccc1NC(=O)[C@@H](Cc1ccccc1)NS(=O)(=O)c1ccc(Cl)cc1. The van der Waals surface area contributed by atoms with Crippen molar-refractivity contribution in [3.8, 4) is 0 Å². The van der Waals surface area contributed by atoms with E-state index in [2.05, 4.69) is 10.0 Å². The summed E-state index contributed by atoms with van der Waals surface area (Å²) in [5.41, 5.74) is 1.57. The predicted octanol–water partition coefficient (Wildman–Crippen LogP) is 5.75. The highest BCUT2D eigenvalue weighted by molar-refractivity contribution is 7.89. The summed E-state index contributed by atoms with van der Waals surface area (Å²) in [6.07, 6.45) is 0.0784. The second-order valence-corrected chi connectivity index (χ2v) is 10.8. The van der Waals surface area contributed by atoms with E-state index in [0.29, 0.717) is 15.6 Å². The van der Waals surface area contributed by atoms with E-state index in [1.807, 2.05) is 6.07 Å². The van der Waals surface area contributed by atoms with Crippen LogP contribution in [0.25, 0.3) is 0 Å². The number of amides is 1. The van der Waals surface area contributed by atoms with E-state index in [0.717, 1.165) is 5.56 Å². The van der Waals surface area contributed by atoms with Gasteiger partial charge in [-0.05, 0) is 54.4 Å². The van der Waals surface area contributed by atoms with Crippen molar-refractivity contribution < 1.29 is 18.0 Å². The molecule has 0 heterocycles. The molecule has 9 heteroatoms. The Morgan fingerprint density at radius 2 is 1.35 bits per heavy atom. The van der Waals surface area contributed by atoms with E-state index in [9.17, 15) is 18.0 Å². The highest BCUT2D eigenvalue weighted by Gasteiger charge is 2.27. The normalized spacial score (nSPS) is 12.1. The summed E-state index contributed by atoms with van der Waals surface area (Å²) < 4.78 is 28.7. The molecule has 0 bridgehead atoms. The first-order chi connectivity index (χ1) is 17.7. The van der Waals surface area contributed by atoms with Crippen molar-refractivity contribution in [2.75, 3.05) is 5.32 Å². The molecule has 0 unspecified atom stereocenters. The predicted molar refractivity (Wildman–Crippen MR) is 146 cm³/mol. The lowest BCUT2D eigenvalue weighted by Gasteiger charge is -2.20. The van der Waals surface area contributed by atoms with Crippen molar-refractivity contribution in [2.24, 2.45) is 0 Å². The van der Waals surface area contributed by atoms with Crippen LogP contribution in [0.4, 0.5) is 5.69 Å². The molecule has 0 aliphatic heterocycles. The number of anilines is 1. The summed E-state index contributed by atoms with van der Waals surface area (Å²) in [5, 5.41) is 3.43. The summed E-state index contributed by atoms with van der Waals surface area (Å²) in [4.78, 5) is 26.6. The zero-order valence-electron chi connectivity index (χ0n) is 19.4. The van der Waals surface area contributed by atoms with Gasteiger partial charge in [-0.1, -0.05) is 83.9 Å². The molecular formula is C28H22Cl2N2O4S. The lowest BCUT2D eigenvalue weighted by Crippen LogP contribution is -2.45. The van der Waals surface area contributed by atoms with Gasteiger partial charge in [0.25, 0.3) is 0 Å². The van der Waals surface area contributed by atoms with Gasteiger partial charge in [0.1, 0.15) is 6.04 Å². The average molecular weight is 553 g/mol. The summed E-state index contributed by atoms with van der Waals surface area (Å²) in [7, 11) is -4.07. The summed E-state index contributed by atoms with van der Waals surface area (Å²) in [6, 6.07) is 26.6. The van der Waals surface area contributed by atoms with Gasteiger partial charge in [0.05, 0.1) is 10.6 Å². The number of rotatable bonds is 9. The number of nitrogens with one attached hydrogen (secondary N) is 2. The van der Waals surface area contributed by atoms with Crippen LogP contribution < -0.4 is 10.0 Å². The Labute approximate surface area is 225 Å². The number of hydrogen-bond acceptors (Lipinski definition) is 4. The van der Waals surface area contributed by atoms with E-state index < -0.39 is 22.0 Å². The Morgan fingerprint density at radius 1 is 0.757 bits per heavy atom. The molecule has 1 amide bonds. The number of halogens is 2. The van der Waals surface area contributed by atoms with Crippen LogP contribution in [0.2, 0.25) is 10.0 Å². The van der Waals surface area contributed by atoms with Gasteiger partial charge in [0, 0.05) is 21.2 Å². The van der Waals surface area contributed by atoms with Crippen molar-refractivity contribution >= 4 is 50.6 Å². The van der Waals surface area contributed by atoms with Crippen molar-refractivity contribution in [1.82, 2.24) is 4.72 Å². The molecular weight excluding hydrogens is 531 g/mol. The fourth-order valence-electron chi connectivity index (χ4n) is 3.68. The molecule has 6 nitrogen and oxygen atoms in total. The standard InChI is InChI=1S/C28H22Cl2N2O4S/c29-21-11-14-23(15-12-21)37(35,36)32-26(17-19-7-3-1-4-8-19)28(34)31-25-16-13-22(30)18-24(25)27(33)20-9-5-2-6-10-20/h1-16,18,26,32H,17H2,(H,31,34)/t26-/m1/s1. The Bertz CT molecular complexity index is 1510. The fourth-order valence-corrected chi connectivity index (χ4v) is 5.18. The monoisotopic (exact) mass is 552 g/mol. The number of ketones is 1. The Balaban J connectivity index is 1.65. The zero-order valence-corrected chi connectivity index (χ0v) is 21.7. The smallest absolute Gasteiger partial charge is 0.242 e. The minimum absolute atomic E-state index is 0.0331. The largest absolute Gasteiger partial charge is 0.324 e. The third-order valence-electron chi connectivity index (χ3n) is 5.54. The maximum atomic E-state index is 13.5. The zero-order chi connectivity index (χ0) is 26.4. The molecule has 0 fully saturated rings. The van der Waals surface area contributed by atoms with Crippen LogP contribution >= 0.6 is 23.2 Å². The fraction of sp³-hybridized carbons (Fsp3) is 0.0714. The van der Waals surface area contributed by atoms with Crippen molar-refractivity contribution in [3.63, 3.8) is 0 Å². The topological polar surface area (TPSA) is 92.3 Å². The van der Waals surface area contributed by atoms with E-state index in [1.54, 1.807) is 60.7 Å². The Hall–Kier alpha value is -3.49. The minimum Gasteiger partial charge on any atom is -0.324 e. The van der Waals surface area contributed by atoms with E-state index in [-0.39, 0.29) is 28.4 Å². The number of sulfonamides is 1. The van der Waals surface area contributed by atoms with Crippen molar-refractivity contribution in [3.05, 3.63) is 130 Å². The molecule has 188 valence electrons. The van der Waals surface area contributed by atoms with Gasteiger partial charge in [0.15, 0.2) is 5.78 Å². The number of hydrogen-bond donors (Lipinski definition) is 2. The molecule has 0 spiro atoms. The maximum absolute atomic E-state index is 13.5. The lowest BCUT2D eigenvalue weighted by molar-refractivity contribution is -0.117. The van der Waals surface area contributed by atoms with Crippen LogP contribution in [-0.4, -0.2) is 26.2 Å². The minimum atomic E-state index is -4.07. The molecule has 4 aromatic carbocycles. The number of carbonyl (C=O) groups excluding carboxylic acids is 2. The Kier molecular flexibility index (Phi) is 8.41. The molecule has 1 atom stereocenters. The highest BCUT2D eigenvalue weighted by atomic mass is 35.5. The third-order valence-corrected chi connectivity index (χ3v) is 7.52. The third kappa shape index (κ3) is 6.84. The summed E-state index contributed by atoms with van der Waals surface area (Å²) in [6.45, 7) is 0. The van der Waals surface area contributed by atoms with Crippen LogP contribution in [0.1, 0.15) is 21.5 Å². The molecule has 4 rings (SSSR count). The van der Waals surface area contributed by atoms with Crippen molar-refractivity contribution in [1.29, 1.82) is 0 Å². The van der Waals surface area contributed by atoms with Crippen LogP contribution in [0, 0.1) is 0 Å². The summed E-state index contributed by atoms with van der Waals surface area (Å²) >= 11 is 12.0. The van der Waals surface area contributed by atoms with Gasteiger partial charge in [-0.2, -0.15) is 4.72 Å². The molecule has 0 saturated heterocycles. The first kappa shape index (κ1) is 26.6. The average Bonchev–Trinajstić information content (AvgIpc) is 2.90. The van der Waals surface area contributed by atoms with Gasteiger partial charge in [0.2, 0.25) is 15.9 Å². The van der Waals surface area contributed by atoms with E-state index in [1.165, 1.54) is 36.4 Å².